The van der Waals surface area contributed by atoms with E-state index in [0.717, 1.165) is 12.8 Å². The summed E-state index contributed by atoms with van der Waals surface area (Å²) >= 11 is 6.10. The van der Waals surface area contributed by atoms with Crippen LogP contribution in [0, 0.1) is 12.3 Å². The summed E-state index contributed by atoms with van der Waals surface area (Å²) in [5.74, 6) is 1.02. The minimum atomic E-state index is -0.511. The fourth-order valence-electron chi connectivity index (χ4n) is 4.39. The highest BCUT2D eigenvalue weighted by atomic mass is 35.5. The second kappa shape index (κ2) is 9.92. The number of aryl methyl sites for hydroxylation is 1. The van der Waals surface area contributed by atoms with Crippen LogP contribution in [0.2, 0.25) is 5.02 Å². The SMILES string of the molecule is Cc1ocnc1C(=O)N1CCC[C@](COc2cccc(Cl)c2)(CC(=O)N2CCOCC2)C1. The summed E-state index contributed by atoms with van der Waals surface area (Å²) in [6.07, 6.45) is 3.14. The van der Waals surface area contributed by atoms with Crippen molar-refractivity contribution in [3.8, 4) is 5.75 Å². The molecule has 3 heterocycles. The molecule has 0 radical (unpaired) electrons. The molecule has 172 valence electrons. The van der Waals surface area contributed by atoms with E-state index in [2.05, 4.69) is 4.98 Å². The van der Waals surface area contributed by atoms with E-state index in [1.54, 1.807) is 24.0 Å². The number of piperidine rings is 1. The Morgan fingerprint density at radius 2 is 2.03 bits per heavy atom. The lowest BCUT2D eigenvalue weighted by molar-refractivity contribution is -0.139. The fraction of sp³-hybridized carbons (Fsp3) is 0.522. The molecule has 32 heavy (non-hydrogen) atoms. The van der Waals surface area contributed by atoms with Gasteiger partial charge in [-0.25, -0.2) is 4.98 Å². The molecule has 0 aliphatic carbocycles. The van der Waals surface area contributed by atoms with Crippen LogP contribution in [0.3, 0.4) is 0 Å². The van der Waals surface area contributed by atoms with Gasteiger partial charge in [0.25, 0.3) is 5.91 Å². The van der Waals surface area contributed by atoms with Crippen molar-refractivity contribution in [1.29, 1.82) is 0 Å². The van der Waals surface area contributed by atoms with Gasteiger partial charge in [0.1, 0.15) is 11.5 Å². The van der Waals surface area contributed by atoms with Crippen molar-refractivity contribution in [1.82, 2.24) is 14.8 Å². The van der Waals surface area contributed by atoms with Gasteiger partial charge in [-0.05, 0) is 38.0 Å². The van der Waals surface area contributed by atoms with Gasteiger partial charge >= 0.3 is 0 Å². The molecule has 0 spiro atoms. The largest absolute Gasteiger partial charge is 0.493 e. The van der Waals surface area contributed by atoms with Crippen molar-refractivity contribution in [2.24, 2.45) is 5.41 Å². The number of hydrogen-bond acceptors (Lipinski definition) is 6. The van der Waals surface area contributed by atoms with Gasteiger partial charge < -0.3 is 23.7 Å². The molecule has 2 saturated heterocycles. The maximum atomic E-state index is 13.2. The highest BCUT2D eigenvalue weighted by Gasteiger charge is 2.41. The standard InChI is InChI=1S/C23H28ClN3O5/c1-17-21(25-16-32-17)22(29)27-7-3-6-23(14-27,13-20(28)26-8-10-30-11-9-26)15-31-19-5-2-4-18(24)12-19/h2,4-5,12,16H,3,6-11,13-15H2,1H3/t23-/m0/s1. The van der Waals surface area contributed by atoms with Gasteiger partial charge in [0, 0.05) is 43.0 Å². The first-order valence-corrected chi connectivity index (χ1v) is 11.3. The summed E-state index contributed by atoms with van der Waals surface area (Å²) in [6, 6.07) is 7.21. The zero-order valence-corrected chi connectivity index (χ0v) is 19.0. The third-order valence-electron chi connectivity index (χ3n) is 6.13. The predicted octanol–water partition coefficient (Wildman–Crippen LogP) is 3.19. The van der Waals surface area contributed by atoms with Crippen molar-refractivity contribution in [3.05, 3.63) is 47.1 Å². The molecule has 2 amide bonds. The Kier molecular flexibility index (Phi) is 7.01. The van der Waals surface area contributed by atoms with Crippen LogP contribution in [-0.4, -0.2) is 72.6 Å². The molecular formula is C23H28ClN3O5. The highest BCUT2D eigenvalue weighted by Crippen LogP contribution is 2.36. The Hall–Kier alpha value is -2.58. The molecule has 2 aromatic rings. The summed E-state index contributed by atoms with van der Waals surface area (Å²) in [7, 11) is 0. The monoisotopic (exact) mass is 461 g/mol. The molecule has 1 atom stereocenters. The highest BCUT2D eigenvalue weighted by molar-refractivity contribution is 6.30. The van der Waals surface area contributed by atoms with E-state index in [1.165, 1.54) is 6.39 Å². The Labute approximate surface area is 192 Å². The maximum Gasteiger partial charge on any atom is 0.276 e. The quantitative estimate of drug-likeness (QED) is 0.656. The first kappa shape index (κ1) is 22.6. The summed E-state index contributed by atoms with van der Waals surface area (Å²) < 4.78 is 16.7. The molecule has 9 heteroatoms. The number of rotatable bonds is 6. The van der Waals surface area contributed by atoms with Gasteiger partial charge in [-0.1, -0.05) is 17.7 Å². The number of halogens is 1. The second-order valence-corrected chi connectivity index (χ2v) is 8.94. The van der Waals surface area contributed by atoms with Gasteiger partial charge in [-0.3, -0.25) is 9.59 Å². The molecule has 1 aromatic carbocycles. The number of carbonyl (C=O) groups is 2. The Morgan fingerprint density at radius 3 is 2.75 bits per heavy atom. The van der Waals surface area contributed by atoms with Crippen molar-refractivity contribution in [2.75, 3.05) is 46.0 Å². The van der Waals surface area contributed by atoms with Gasteiger partial charge in [0.2, 0.25) is 5.91 Å². The third-order valence-corrected chi connectivity index (χ3v) is 6.36. The number of hydrogen-bond donors (Lipinski definition) is 0. The van der Waals surface area contributed by atoms with E-state index in [1.807, 2.05) is 17.0 Å². The lowest BCUT2D eigenvalue weighted by Gasteiger charge is -2.43. The normalized spacial score (nSPS) is 21.4. The topological polar surface area (TPSA) is 85.1 Å². The van der Waals surface area contributed by atoms with E-state index in [4.69, 9.17) is 25.5 Å². The Morgan fingerprint density at radius 1 is 1.22 bits per heavy atom. The number of nitrogens with zero attached hydrogens (tertiary/aromatic N) is 3. The third kappa shape index (κ3) is 5.24. The van der Waals surface area contributed by atoms with E-state index in [9.17, 15) is 9.59 Å². The first-order valence-electron chi connectivity index (χ1n) is 10.9. The van der Waals surface area contributed by atoms with Gasteiger partial charge in [-0.15, -0.1) is 0 Å². The molecule has 0 unspecified atom stereocenters. The second-order valence-electron chi connectivity index (χ2n) is 8.50. The number of aromatic nitrogens is 1. The smallest absolute Gasteiger partial charge is 0.276 e. The average Bonchev–Trinajstić information content (AvgIpc) is 3.24. The van der Waals surface area contributed by atoms with Crippen LogP contribution in [0.5, 0.6) is 5.75 Å². The van der Waals surface area contributed by atoms with Crippen LogP contribution in [0.4, 0.5) is 0 Å². The van der Waals surface area contributed by atoms with Crippen molar-refractivity contribution >= 4 is 23.4 Å². The van der Waals surface area contributed by atoms with Crippen molar-refractivity contribution in [3.63, 3.8) is 0 Å². The Balaban J connectivity index is 1.53. The van der Waals surface area contributed by atoms with Crippen LogP contribution < -0.4 is 4.74 Å². The van der Waals surface area contributed by atoms with Crippen LogP contribution in [0.25, 0.3) is 0 Å². The van der Waals surface area contributed by atoms with Crippen LogP contribution in [0.15, 0.2) is 35.1 Å². The number of ether oxygens (including phenoxy) is 2. The van der Waals surface area contributed by atoms with Gasteiger partial charge in [0.05, 0.1) is 19.8 Å². The summed E-state index contributed by atoms with van der Waals surface area (Å²) in [6.45, 7) is 5.33. The molecule has 2 aliphatic heterocycles. The minimum Gasteiger partial charge on any atom is -0.493 e. The van der Waals surface area contributed by atoms with Crippen molar-refractivity contribution in [2.45, 2.75) is 26.2 Å². The number of amides is 2. The van der Waals surface area contributed by atoms with Crippen LogP contribution >= 0.6 is 11.6 Å². The molecule has 1 aromatic heterocycles. The first-order chi connectivity index (χ1) is 15.5. The van der Waals surface area contributed by atoms with Gasteiger partial charge in [0.15, 0.2) is 12.1 Å². The van der Waals surface area contributed by atoms with Gasteiger partial charge in [-0.2, -0.15) is 0 Å². The molecule has 2 fully saturated rings. The zero-order valence-electron chi connectivity index (χ0n) is 18.2. The minimum absolute atomic E-state index is 0.0647. The molecule has 0 N–H and O–H groups in total. The molecule has 8 nitrogen and oxygen atoms in total. The lowest BCUT2D eigenvalue weighted by Crippen LogP contribution is -2.52. The lowest BCUT2D eigenvalue weighted by atomic mass is 9.77. The van der Waals surface area contributed by atoms with E-state index >= 15 is 0 Å². The fourth-order valence-corrected chi connectivity index (χ4v) is 4.57. The van der Waals surface area contributed by atoms with E-state index < -0.39 is 5.41 Å². The molecular weight excluding hydrogens is 434 g/mol. The zero-order chi connectivity index (χ0) is 22.6. The Bertz CT molecular complexity index is 959. The number of benzene rings is 1. The molecule has 2 aliphatic rings. The van der Waals surface area contributed by atoms with Crippen LogP contribution in [-0.2, 0) is 9.53 Å². The summed E-state index contributed by atoms with van der Waals surface area (Å²) in [5, 5.41) is 0.586. The van der Waals surface area contributed by atoms with Crippen LogP contribution in [0.1, 0.15) is 35.5 Å². The number of likely N-dealkylation sites (tertiary alicyclic amines) is 1. The summed E-state index contributed by atoms with van der Waals surface area (Å²) in [5.41, 5.74) is -0.195. The van der Waals surface area contributed by atoms with E-state index in [-0.39, 0.29) is 11.8 Å². The maximum absolute atomic E-state index is 13.2. The number of carbonyl (C=O) groups excluding carboxylic acids is 2. The molecule has 0 saturated carbocycles. The number of morpholine rings is 1. The predicted molar refractivity (Wildman–Crippen MR) is 118 cm³/mol. The van der Waals surface area contributed by atoms with E-state index in [0.29, 0.717) is 74.6 Å². The molecule has 4 rings (SSSR count). The summed E-state index contributed by atoms with van der Waals surface area (Å²) in [4.78, 5) is 34.0. The average molecular weight is 462 g/mol. The number of oxazole rings is 1. The van der Waals surface area contributed by atoms with Crippen molar-refractivity contribution < 1.29 is 23.5 Å². The molecule has 0 bridgehead atoms.